The monoisotopic (exact) mass is 313 g/mol. The Morgan fingerprint density at radius 2 is 2.10 bits per heavy atom. The Bertz CT molecular complexity index is 475. The third-order valence-corrected chi connectivity index (χ3v) is 5.19. The third-order valence-electron chi connectivity index (χ3n) is 3.69. The number of nitrogens with zero attached hydrogens (tertiary/aromatic N) is 1. The molecule has 0 bridgehead atoms. The lowest BCUT2D eigenvalue weighted by atomic mass is 10.1. The van der Waals surface area contributed by atoms with Crippen LogP contribution in [0.15, 0.2) is 0 Å². The van der Waals surface area contributed by atoms with Crippen molar-refractivity contribution in [2.24, 2.45) is 0 Å². The minimum atomic E-state index is -0.461. The van der Waals surface area contributed by atoms with Gasteiger partial charge in [-0.2, -0.15) is 0 Å². The molecule has 3 amide bonds. The van der Waals surface area contributed by atoms with E-state index >= 15 is 0 Å². The molecule has 7 heteroatoms. The molecule has 2 aliphatic rings. The molecule has 0 saturated carbocycles. The molecule has 118 valence electrons. The van der Waals surface area contributed by atoms with Crippen LogP contribution in [0.2, 0.25) is 0 Å². The van der Waals surface area contributed by atoms with Crippen LogP contribution in [0.1, 0.15) is 40.5 Å². The number of hydrogen-bond acceptors (Lipinski definition) is 4. The Morgan fingerprint density at radius 3 is 2.71 bits per heavy atom. The molecule has 0 aromatic heterocycles. The molecule has 21 heavy (non-hydrogen) atoms. The molecule has 2 atom stereocenters. The number of rotatable bonds is 3. The number of fused-ring (bicyclic) bond motifs is 1. The van der Waals surface area contributed by atoms with Gasteiger partial charge in [-0.1, -0.05) is 0 Å². The predicted molar refractivity (Wildman–Crippen MR) is 81.6 cm³/mol. The van der Waals surface area contributed by atoms with Crippen LogP contribution < -0.4 is 10.6 Å². The maximum absolute atomic E-state index is 12.2. The van der Waals surface area contributed by atoms with E-state index in [1.165, 1.54) is 0 Å². The molecule has 6 nitrogen and oxygen atoms in total. The lowest BCUT2D eigenvalue weighted by Gasteiger charge is -2.29. The number of carbonyl (C=O) groups excluding carboxylic acids is 3. The number of nitrogens with one attached hydrogen (secondary N) is 2. The molecule has 0 aliphatic carbocycles. The summed E-state index contributed by atoms with van der Waals surface area (Å²) >= 11 is 1.64. The summed E-state index contributed by atoms with van der Waals surface area (Å²) in [6, 6.07) is -0.461. The van der Waals surface area contributed by atoms with Gasteiger partial charge in [0.15, 0.2) is 0 Å². The van der Waals surface area contributed by atoms with Gasteiger partial charge in [-0.25, -0.2) is 0 Å². The van der Waals surface area contributed by atoms with Crippen molar-refractivity contribution in [1.29, 1.82) is 0 Å². The molecule has 0 aromatic rings. The van der Waals surface area contributed by atoms with Gasteiger partial charge in [0.25, 0.3) is 0 Å². The number of hydrogen-bond donors (Lipinski definition) is 2. The fourth-order valence-electron chi connectivity index (χ4n) is 2.76. The Hall–Kier alpha value is -1.24. The largest absolute Gasteiger partial charge is 0.350 e. The molecule has 0 radical (unpaired) electrons. The van der Waals surface area contributed by atoms with Gasteiger partial charge in [-0.05, 0) is 34.1 Å². The Balaban J connectivity index is 1.90. The predicted octanol–water partition coefficient (Wildman–Crippen LogP) is 0.471. The molecule has 2 heterocycles. The Kier molecular flexibility index (Phi) is 4.24. The van der Waals surface area contributed by atoms with Crippen LogP contribution in [0.3, 0.4) is 0 Å². The summed E-state index contributed by atoms with van der Waals surface area (Å²) in [5.74, 6) is 0.152. The van der Waals surface area contributed by atoms with Crippen LogP contribution in [0, 0.1) is 0 Å². The quantitative estimate of drug-likeness (QED) is 0.794. The summed E-state index contributed by atoms with van der Waals surface area (Å²) in [6.45, 7) is 7.59. The first-order valence-corrected chi connectivity index (χ1v) is 8.16. The molecule has 2 saturated heterocycles. The van der Waals surface area contributed by atoms with Crippen LogP contribution in [-0.2, 0) is 14.4 Å². The van der Waals surface area contributed by atoms with E-state index in [1.807, 2.05) is 27.7 Å². The number of amides is 3. The van der Waals surface area contributed by atoms with E-state index in [0.717, 1.165) is 6.42 Å². The first kappa shape index (κ1) is 16.1. The van der Waals surface area contributed by atoms with Crippen LogP contribution >= 0.6 is 11.8 Å². The van der Waals surface area contributed by atoms with E-state index in [0.29, 0.717) is 12.2 Å². The van der Waals surface area contributed by atoms with Gasteiger partial charge >= 0.3 is 0 Å². The molecule has 0 unspecified atom stereocenters. The number of carbonyl (C=O) groups is 3. The van der Waals surface area contributed by atoms with Crippen LogP contribution in [0.4, 0.5) is 0 Å². The second-order valence-corrected chi connectivity index (χ2v) is 8.28. The Morgan fingerprint density at radius 1 is 1.43 bits per heavy atom. The lowest BCUT2D eigenvalue weighted by Crippen LogP contribution is -2.52. The van der Waals surface area contributed by atoms with Crippen molar-refractivity contribution < 1.29 is 14.4 Å². The van der Waals surface area contributed by atoms with Gasteiger partial charge in [0, 0.05) is 17.7 Å². The lowest BCUT2D eigenvalue weighted by molar-refractivity contribution is -0.138. The molecule has 2 fully saturated rings. The Labute approximate surface area is 129 Å². The zero-order chi connectivity index (χ0) is 15.8. The van der Waals surface area contributed by atoms with Gasteiger partial charge in [0.1, 0.15) is 6.04 Å². The fourth-order valence-corrected chi connectivity index (χ4v) is 4.19. The maximum atomic E-state index is 12.2. The maximum Gasteiger partial charge on any atom is 0.244 e. The minimum absolute atomic E-state index is 0.0294. The summed E-state index contributed by atoms with van der Waals surface area (Å²) in [5, 5.41) is 5.43. The first-order valence-electron chi connectivity index (χ1n) is 7.17. The molecule has 2 rings (SSSR count). The highest BCUT2D eigenvalue weighted by Crippen LogP contribution is 2.47. The van der Waals surface area contributed by atoms with E-state index in [4.69, 9.17) is 0 Å². The van der Waals surface area contributed by atoms with Crippen molar-refractivity contribution in [2.45, 2.75) is 57.0 Å². The van der Waals surface area contributed by atoms with E-state index in [-0.39, 0.29) is 34.7 Å². The first-order chi connectivity index (χ1) is 9.62. The van der Waals surface area contributed by atoms with Gasteiger partial charge in [0.2, 0.25) is 17.7 Å². The van der Waals surface area contributed by atoms with Crippen molar-refractivity contribution in [3.05, 3.63) is 0 Å². The molecular formula is C14H23N3O3S. The van der Waals surface area contributed by atoms with Gasteiger partial charge in [-0.3, -0.25) is 14.4 Å². The topological polar surface area (TPSA) is 78.5 Å². The highest BCUT2D eigenvalue weighted by Gasteiger charge is 2.52. The van der Waals surface area contributed by atoms with Crippen molar-refractivity contribution in [1.82, 2.24) is 15.5 Å². The molecule has 0 aromatic carbocycles. The highest BCUT2D eigenvalue weighted by atomic mass is 32.2. The summed E-state index contributed by atoms with van der Waals surface area (Å²) in [4.78, 5) is 37.4. The van der Waals surface area contributed by atoms with Gasteiger partial charge < -0.3 is 15.5 Å². The summed E-state index contributed by atoms with van der Waals surface area (Å²) in [5.41, 5.74) is -0.325. The van der Waals surface area contributed by atoms with Crippen LogP contribution in [0.25, 0.3) is 0 Å². The van der Waals surface area contributed by atoms with E-state index < -0.39 is 6.04 Å². The van der Waals surface area contributed by atoms with Crippen molar-refractivity contribution in [2.75, 3.05) is 12.3 Å². The van der Waals surface area contributed by atoms with Crippen LogP contribution in [0.5, 0.6) is 0 Å². The smallest absolute Gasteiger partial charge is 0.244 e. The van der Waals surface area contributed by atoms with Crippen LogP contribution in [-0.4, -0.2) is 51.4 Å². The number of thioether (sulfide) groups is 1. The molecule has 2 N–H and O–H groups in total. The summed E-state index contributed by atoms with van der Waals surface area (Å²) in [6.07, 6.45) is 1.28. The van der Waals surface area contributed by atoms with E-state index in [1.54, 1.807) is 16.7 Å². The summed E-state index contributed by atoms with van der Waals surface area (Å²) in [7, 11) is 0. The van der Waals surface area contributed by atoms with Crippen molar-refractivity contribution in [3.63, 3.8) is 0 Å². The highest BCUT2D eigenvalue weighted by molar-refractivity contribution is 8.01. The third kappa shape index (κ3) is 3.51. The SMILES string of the molecule is CC(C)(C)NC(=O)CNC(=O)[C@@H]1CS[C@]2(C)CCC(=O)N12. The normalized spacial score (nSPS) is 28.5. The van der Waals surface area contributed by atoms with E-state index in [9.17, 15) is 14.4 Å². The molecule has 2 aliphatic heterocycles. The van der Waals surface area contributed by atoms with Crippen molar-refractivity contribution in [3.8, 4) is 0 Å². The minimum Gasteiger partial charge on any atom is -0.350 e. The second kappa shape index (κ2) is 5.51. The van der Waals surface area contributed by atoms with Crippen molar-refractivity contribution >= 4 is 29.5 Å². The average Bonchev–Trinajstić information content (AvgIpc) is 2.82. The zero-order valence-electron chi connectivity index (χ0n) is 13.0. The summed E-state index contributed by atoms with van der Waals surface area (Å²) < 4.78 is 0. The second-order valence-electron chi connectivity index (χ2n) is 6.78. The molecule has 0 spiro atoms. The molecular weight excluding hydrogens is 290 g/mol. The van der Waals surface area contributed by atoms with E-state index in [2.05, 4.69) is 10.6 Å². The van der Waals surface area contributed by atoms with Gasteiger partial charge in [0.05, 0.1) is 11.4 Å². The fraction of sp³-hybridized carbons (Fsp3) is 0.786. The zero-order valence-corrected chi connectivity index (χ0v) is 13.8. The average molecular weight is 313 g/mol. The standard InChI is InChI=1S/C14H23N3O3S/c1-13(2,3)16-10(18)7-15-12(20)9-8-21-14(4)6-5-11(19)17(9)14/h9H,5-8H2,1-4H3,(H,15,20)(H,16,18)/t9-,14+/m0/s1. The van der Waals surface area contributed by atoms with Gasteiger partial charge in [-0.15, -0.1) is 11.8 Å².